The second kappa shape index (κ2) is 6.69. The molecule has 88 valence electrons. The topological polar surface area (TPSA) is 45.3 Å². The zero-order chi connectivity index (χ0) is 11.1. The normalized spacial score (nSPS) is 21.4. The molecule has 0 aliphatic carbocycles. The molecule has 0 aromatic heterocycles. The number of hydrogen-bond donors (Lipinski definition) is 3. The first-order chi connectivity index (χ1) is 7.18. The van der Waals surface area contributed by atoms with Gasteiger partial charge in [0.25, 0.3) is 0 Å². The van der Waals surface area contributed by atoms with Crippen molar-refractivity contribution in [2.24, 2.45) is 5.92 Å². The van der Waals surface area contributed by atoms with E-state index in [0.29, 0.717) is 5.92 Å². The van der Waals surface area contributed by atoms with Gasteiger partial charge in [0.15, 0.2) is 0 Å². The fourth-order valence-corrected chi connectivity index (χ4v) is 1.38. The highest BCUT2D eigenvalue weighted by Gasteiger charge is 2.12. The van der Waals surface area contributed by atoms with E-state index in [9.17, 15) is 0 Å². The highest BCUT2D eigenvalue weighted by atomic mass is 16.5. The van der Waals surface area contributed by atoms with Gasteiger partial charge in [-0.1, -0.05) is 20.4 Å². The van der Waals surface area contributed by atoms with Gasteiger partial charge >= 0.3 is 0 Å². The molecule has 0 bridgehead atoms. The fourth-order valence-electron chi connectivity index (χ4n) is 1.38. The third-order valence-corrected chi connectivity index (χ3v) is 2.27. The molecule has 1 rings (SSSR count). The van der Waals surface area contributed by atoms with E-state index in [1.165, 1.54) is 0 Å². The average molecular weight is 213 g/mol. The van der Waals surface area contributed by atoms with Gasteiger partial charge in [0.2, 0.25) is 0 Å². The first-order valence-corrected chi connectivity index (χ1v) is 5.67. The number of nitrogens with one attached hydrogen (secondary N) is 3. The molecule has 4 heteroatoms. The van der Waals surface area contributed by atoms with E-state index in [4.69, 9.17) is 4.74 Å². The highest BCUT2D eigenvalue weighted by molar-refractivity contribution is 4.89. The summed E-state index contributed by atoms with van der Waals surface area (Å²) in [5, 5.41) is 9.77. The molecule has 0 amide bonds. The first-order valence-electron chi connectivity index (χ1n) is 5.67. The lowest BCUT2D eigenvalue weighted by Gasteiger charge is -2.25. The molecule has 1 saturated heterocycles. The molecule has 1 aliphatic heterocycles. The Morgan fingerprint density at radius 3 is 2.93 bits per heavy atom. The van der Waals surface area contributed by atoms with Gasteiger partial charge in [0.1, 0.15) is 0 Å². The molecule has 0 saturated carbocycles. The predicted octanol–water partition coefficient (Wildman–Crippen LogP) is 0.281. The van der Waals surface area contributed by atoms with Gasteiger partial charge in [-0.15, -0.1) is 0 Å². The maximum atomic E-state index is 5.56. The summed E-state index contributed by atoms with van der Waals surface area (Å²) < 4.78 is 5.56. The molecule has 0 spiro atoms. The van der Waals surface area contributed by atoms with Crippen LogP contribution in [0.5, 0.6) is 0 Å². The SMILES string of the molecule is C=C(NCC(C)C)NCC1CNCCO1. The van der Waals surface area contributed by atoms with Crippen LogP contribution in [-0.4, -0.2) is 38.9 Å². The average Bonchev–Trinajstić information content (AvgIpc) is 2.25. The number of ether oxygens (including phenoxy) is 1. The van der Waals surface area contributed by atoms with E-state index >= 15 is 0 Å². The Hall–Kier alpha value is -0.740. The Morgan fingerprint density at radius 1 is 1.53 bits per heavy atom. The van der Waals surface area contributed by atoms with E-state index in [1.54, 1.807) is 0 Å². The van der Waals surface area contributed by atoms with Crippen molar-refractivity contribution in [2.45, 2.75) is 20.0 Å². The highest BCUT2D eigenvalue weighted by Crippen LogP contribution is 1.95. The molecule has 4 nitrogen and oxygen atoms in total. The van der Waals surface area contributed by atoms with Crippen molar-refractivity contribution < 1.29 is 4.74 Å². The molecule has 1 unspecified atom stereocenters. The molecule has 0 aromatic carbocycles. The minimum absolute atomic E-state index is 0.261. The van der Waals surface area contributed by atoms with E-state index < -0.39 is 0 Å². The summed E-state index contributed by atoms with van der Waals surface area (Å²) >= 11 is 0. The Kier molecular flexibility index (Phi) is 5.50. The van der Waals surface area contributed by atoms with Crippen LogP contribution >= 0.6 is 0 Å². The van der Waals surface area contributed by atoms with Crippen LogP contribution in [0.4, 0.5) is 0 Å². The third kappa shape index (κ3) is 5.64. The van der Waals surface area contributed by atoms with Gasteiger partial charge in [-0.05, 0) is 5.92 Å². The second-order valence-corrected chi connectivity index (χ2v) is 4.33. The Morgan fingerprint density at radius 2 is 2.33 bits per heavy atom. The molecule has 1 fully saturated rings. The summed E-state index contributed by atoms with van der Waals surface area (Å²) in [6.07, 6.45) is 0.261. The van der Waals surface area contributed by atoms with Crippen LogP contribution in [0.3, 0.4) is 0 Å². The molecule has 3 N–H and O–H groups in total. The maximum Gasteiger partial charge on any atom is 0.0913 e. The van der Waals surface area contributed by atoms with Crippen molar-refractivity contribution in [3.8, 4) is 0 Å². The Balaban J connectivity index is 2.05. The van der Waals surface area contributed by atoms with Crippen molar-refractivity contribution in [2.75, 3.05) is 32.8 Å². The molecule has 0 aromatic rings. The van der Waals surface area contributed by atoms with Crippen molar-refractivity contribution in [1.82, 2.24) is 16.0 Å². The second-order valence-electron chi connectivity index (χ2n) is 4.33. The van der Waals surface area contributed by atoms with E-state index in [2.05, 4.69) is 36.4 Å². The van der Waals surface area contributed by atoms with E-state index in [0.717, 1.165) is 38.6 Å². The van der Waals surface area contributed by atoms with Crippen LogP contribution < -0.4 is 16.0 Å². The van der Waals surface area contributed by atoms with Crippen LogP contribution in [0.2, 0.25) is 0 Å². The standard InChI is InChI=1S/C11H23N3O/c1-9(2)6-13-10(3)14-8-11-7-12-4-5-15-11/h9,11-14H,3-8H2,1-2H3. The summed E-state index contributed by atoms with van der Waals surface area (Å²) in [4.78, 5) is 0. The molecular formula is C11H23N3O. The van der Waals surface area contributed by atoms with Gasteiger partial charge < -0.3 is 20.7 Å². The monoisotopic (exact) mass is 213 g/mol. The first kappa shape index (κ1) is 12.3. The number of rotatable bonds is 6. The zero-order valence-corrected chi connectivity index (χ0v) is 9.81. The minimum atomic E-state index is 0.261. The molecular weight excluding hydrogens is 190 g/mol. The smallest absolute Gasteiger partial charge is 0.0913 e. The Labute approximate surface area is 92.5 Å². The quantitative estimate of drug-likeness (QED) is 0.593. The third-order valence-electron chi connectivity index (χ3n) is 2.27. The van der Waals surface area contributed by atoms with E-state index in [1.807, 2.05) is 0 Å². The fraction of sp³-hybridized carbons (Fsp3) is 0.818. The summed E-state index contributed by atoms with van der Waals surface area (Å²) in [5.41, 5.74) is 0. The zero-order valence-electron chi connectivity index (χ0n) is 9.81. The van der Waals surface area contributed by atoms with Crippen molar-refractivity contribution in [1.29, 1.82) is 0 Å². The summed E-state index contributed by atoms with van der Waals surface area (Å²) in [5.74, 6) is 1.52. The molecule has 1 heterocycles. The van der Waals surface area contributed by atoms with Gasteiger partial charge in [-0.25, -0.2) is 0 Å². The number of morpholine rings is 1. The van der Waals surface area contributed by atoms with Crippen LogP contribution in [0.25, 0.3) is 0 Å². The lowest BCUT2D eigenvalue weighted by molar-refractivity contribution is 0.0304. The van der Waals surface area contributed by atoms with Crippen LogP contribution in [0, 0.1) is 5.92 Å². The molecule has 0 radical (unpaired) electrons. The van der Waals surface area contributed by atoms with Crippen molar-refractivity contribution in [3.63, 3.8) is 0 Å². The predicted molar refractivity (Wildman–Crippen MR) is 62.6 cm³/mol. The van der Waals surface area contributed by atoms with Crippen LogP contribution in [0.15, 0.2) is 12.4 Å². The largest absolute Gasteiger partial charge is 0.374 e. The minimum Gasteiger partial charge on any atom is -0.374 e. The van der Waals surface area contributed by atoms with Crippen molar-refractivity contribution in [3.05, 3.63) is 12.4 Å². The molecule has 15 heavy (non-hydrogen) atoms. The summed E-state index contributed by atoms with van der Waals surface area (Å²) in [7, 11) is 0. The van der Waals surface area contributed by atoms with Crippen molar-refractivity contribution >= 4 is 0 Å². The summed E-state index contributed by atoms with van der Waals surface area (Å²) in [6.45, 7) is 12.7. The molecule has 1 atom stereocenters. The number of hydrogen-bond acceptors (Lipinski definition) is 4. The Bertz CT molecular complexity index is 188. The van der Waals surface area contributed by atoms with Gasteiger partial charge in [0, 0.05) is 26.2 Å². The maximum absolute atomic E-state index is 5.56. The van der Waals surface area contributed by atoms with Crippen LogP contribution in [0.1, 0.15) is 13.8 Å². The van der Waals surface area contributed by atoms with Gasteiger partial charge in [-0.3, -0.25) is 0 Å². The lowest BCUT2D eigenvalue weighted by Crippen LogP contribution is -2.44. The van der Waals surface area contributed by atoms with Crippen LogP contribution in [-0.2, 0) is 4.74 Å². The lowest BCUT2D eigenvalue weighted by atomic mass is 10.2. The molecule has 1 aliphatic rings. The van der Waals surface area contributed by atoms with E-state index in [-0.39, 0.29) is 6.10 Å². The van der Waals surface area contributed by atoms with Gasteiger partial charge in [0.05, 0.1) is 18.5 Å². The van der Waals surface area contributed by atoms with Gasteiger partial charge in [-0.2, -0.15) is 0 Å². The summed E-state index contributed by atoms with van der Waals surface area (Å²) in [6, 6.07) is 0.